The molecule has 1 heteroatoms. The van der Waals surface area contributed by atoms with Crippen LogP contribution in [0.15, 0.2) is 0 Å². The fourth-order valence-corrected chi connectivity index (χ4v) is 1.67. The fourth-order valence-electron chi connectivity index (χ4n) is 1.67. The van der Waals surface area contributed by atoms with Crippen molar-refractivity contribution in [3.8, 4) is 12.3 Å². The van der Waals surface area contributed by atoms with Crippen molar-refractivity contribution < 1.29 is 0 Å². The highest BCUT2D eigenvalue weighted by atomic mass is 14.9. The van der Waals surface area contributed by atoms with Crippen LogP contribution < -0.4 is 5.32 Å². The molecule has 0 bridgehead atoms. The van der Waals surface area contributed by atoms with Gasteiger partial charge >= 0.3 is 0 Å². The fraction of sp³-hybridized carbons (Fsp3) is 0.846. The van der Waals surface area contributed by atoms with E-state index in [0.717, 1.165) is 13.0 Å². The Balaban J connectivity index is 3.64. The van der Waals surface area contributed by atoms with E-state index in [1.807, 2.05) is 0 Å². The van der Waals surface area contributed by atoms with Crippen molar-refractivity contribution >= 4 is 0 Å². The van der Waals surface area contributed by atoms with Crippen LogP contribution in [0.5, 0.6) is 0 Å². The lowest BCUT2D eigenvalue weighted by Gasteiger charge is -2.25. The van der Waals surface area contributed by atoms with Crippen LogP contribution in [-0.2, 0) is 0 Å². The van der Waals surface area contributed by atoms with Gasteiger partial charge in [0.25, 0.3) is 0 Å². The van der Waals surface area contributed by atoms with Crippen LogP contribution in [0.25, 0.3) is 0 Å². The molecule has 0 aromatic carbocycles. The molecule has 0 spiro atoms. The average molecular weight is 195 g/mol. The van der Waals surface area contributed by atoms with Gasteiger partial charge in [-0.05, 0) is 31.2 Å². The Bertz CT molecular complexity index is 182. The van der Waals surface area contributed by atoms with Crippen molar-refractivity contribution in [3.05, 3.63) is 0 Å². The molecule has 0 radical (unpaired) electrons. The van der Waals surface area contributed by atoms with E-state index in [1.165, 1.54) is 6.42 Å². The first-order valence-corrected chi connectivity index (χ1v) is 5.52. The normalized spacial score (nSPS) is 16.0. The van der Waals surface area contributed by atoms with E-state index in [-0.39, 0.29) is 0 Å². The first-order chi connectivity index (χ1) is 6.35. The van der Waals surface area contributed by atoms with Crippen molar-refractivity contribution in [1.29, 1.82) is 0 Å². The highest BCUT2D eigenvalue weighted by molar-refractivity contribution is 4.86. The van der Waals surface area contributed by atoms with Gasteiger partial charge in [0, 0.05) is 12.5 Å². The SMILES string of the molecule is C#CCC(C)CNC(C)CC(C)(C)C. The van der Waals surface area contributed by atoms with E-state index in [2.05, 4.69) is 45.9 Å². The van der Waals surface area contributed by atoms with Gasteiger partial charge < -0.3 is 5.32 Å². The van der Waals surface area contributed by atoms with Crippen molar-refractivity contribution in [2.45, 2.75) is 53.5 Å². The molecule has 1 N–H and O–H groups in total. The van der Waals surface area contributed by atoms with Crippen LogP contribution >= 0.6 is 0 Å². The van der Waals surface area contributed by atoms with Crippen LogP contribution in [0.3, 0.4) is 0 Å². The molecule has 0 heterocycles. The molecule has 14 heavy (non-hydrogen) atoms. The number of terminal acetylenes is 1. The summed E-state index contributed by atoms with van der Waals surface area (Å²) in [6.07, 6.45) is 7.33. The standard InChI is InChI=1S/C13H25N/c1-7-8-11(2)10-14-12(3)9-13(4,5)6/h1,11-12,14H,8-10H2,2-6H3. The van der Waals surface area contributed by atoms with E-state index < -0.39 is 0 Å². The second-order valence-corrected chi connectivity index (χ2v) is 5.59. The Hall–Kier alpha value is -0.480. The molecular formula is C13H25N. The molecule has 0 aliphatic carbocycles. The van der Waals surface area contributed by atoms with E-state index in [9.17, 15) is 0 Å². The van der Waals surface area contributed by atoms with Crippen LogP contribution in [0, 0.1) is 23.7 Å². The third kappa shape index (κ3) is 8.13. The molecule has 0 saturated carbocycles. The summed E-state index contributed by atoms with van der Waals surface area (Å²) in [5.41, 5.74) is 0.405. The average Bonchev–Trinajstić information content (AvgIpc) is 1.98. The first kappa shape index (κ1) is 13.5. The molecule has 82 valence electrons. The zero-order valence-electron chi connectivity index (χ0n) is 10.4. The quantitative estimate of drug-likeness (QED) is 0.665. The summed E-state index contributed by atoms with van der Waals surface area (Å²) < 4.78 is 0. The summed E-state index contributed by atoms with van der Waals surface area (Å²) in [6.45, 7) is 12.3. The monoisotopic (exact) mass is 195 g/mol. The van der Waals surface area contributed by atoms with Crippen LogP contribution in [0.1, 0.15) is 47.5 Å². The summed E-state index contributed by atoms with van der Waals surface area (Å²) in [5, 5.41) is 3.53. The number of hydrogen-bond acceptors (Lipinski definition) is 1. The van der Waals surface area contributed by atoms with Gasteiger partial charge in [-0.2, -0.15) is 0 Å². The molecule has 0 aromatic heterocycles. The zero-order chi connectivity index (χ0) is 11.2. The molecule has 0 aliphatic rings. The summed E-state index contributed by atoms with van der Waals surface area (Å²) >= 11 is 0. The van der Waals surface area contributed by atoms with Gasteiger partial charge in [-0.15, -0.1) is 12.3 Å². The first-order valence-electron chi connectivity index (χ1n) is 5.52. The lowest BCUT2D eigenvalue weighted by molar-refractivity contribution is 0.311. The van der Waals surface area contributed by atoms with Gasteiger partial charge in [-0.1, -0.05) is 27.7 Å². The molecule has 0 aromatic rings. The maximum atomic E-state index is 5.26. The minimum Gasteiger partial charge on any atom is -0.314 e. The molecule has 0 rings (SSSR count). The Labute approximate surface area is 89.7 Å². The highest BCUT2D eigenvalue weighted by Gasteiger charge is 2.15. The predicted molar refractivity (Wildman–Crippen MR) is 64.2 cm³/mol. The van der Waals surface area contributed by atoms with E-state index in [4.69, 9.17) is 6.42 Å². The number of hydrogen-bond donors (Lipinski definition) is 1. The summed E-state index contributed by atoms with van der Waals surface area (Å²) in [7, 11) is 0. The lowest BCUT2D eigenvalue weighted by atomic mass is 9.88. The maximum Gasteiger partial charge on any atom is 0.0124 e. The predicted octanol–water partition coefficient (Wildman–Crippen LogP) is 3.06. The molecule has 0 saturated heterocycles. The zero-order valence-corrected chi connectivity index (χ0v) is 10.4. The topological polar surface area (TPSA) is 12.0 Å². The van der Waals surface area contributed by atoms with Gasteiger partial charge in [0.15, 0.2) is 0 Å². The molecule has 2 atom stereocenters. The maximum absolute atomic E-state index is 5.26. The molecule has 0 aliphatic heterocycles. The van der Waals surface area contributed by atoms with Crippen LogP contribution in [0.4, 0.5) is 0 Å². The van der Waals surface area contributed by atoms with Gasteiger partial charge in [0.2, 0.25) is 0 Å². The second kappa shape index (κ2) is 6.09. The van der Waals surface area contributed by atoms with Gasteiger partial charge in [-0.25, -0.2) is 0 Å². The second-order valence-electron chi connectivity index (χ2n) is 5.59. The summed E-state index contributed by atoms with van der Waals surface area (Å²) in [4.78, 5) is 0. The Kier molecular flexibility index (Phi) is 5.88. The summed E-state index contributed by atoms with van der Waals surface area (Å²) in [6, 6.07) is 0.579. The molecule has 2 unspecified atom stereocenters. The Morgan fingerprint density at radius 2 is 1.86 bits per heavy atom. The van der Waals surface area contributed by atoms with E-state index in [0.29, 0.717) is 17.4 Å². The van der Waals surface area contributed by atoms with Crippen molar-refractivity contribution in [1.82, 2.24) is 5.32 Å². The van der Waals surface area contributed by atoms with Crippen LogP contribution in [-0.4, -0.2) is 12.6 Å². The van der Waals surface area contributed by atoms with Crippen molar-refractivity contribution in [3.63, 3.8) is 0 Å². The third-order valence-electron chi connectivity index (χ3n) is 2.20. The van der Waals surface area contributed by atoms with Crippen LogP contribution in [0.2, 0.25) is 0 Å². The molecule has 0 fully saturated rings. The van der Waals surface area contributed by atoms with Gasteiger partial charge in [0.05, 0.1) is 0 Å². The highest BCUT2D eigenvalue weighted by Crippen LogP contribution is 2.20. The molecule has 1 nitrogen and oxygen atoms in total. The lowest BCUT2D eigenvalue weighted by Crippen LogP contribution is -2.33. The Morgan fingerprint density at radius 1 is 1.29 bits per heavy atom. The van der Waals surface area contributed by atoms with Gasteiger partial charge in [0.1, 0.15) is 0 Å². The largest absolute Gasteiger partial charge is 0.314 e. The van der Waals surface area contributed by atoms with E-state index in [1.54, 1.807) is 0 Å². The smallest absolute Gasteiger partial charge is 0.0124 e. The number of rotatable bonds is 5. The van der Waals surface area contributed by atoms with Gasteiger partial charge in [-0.3, -0.25) is 0 Å². The third-order valence-corrected chi connectivity index (χ3v) is 2.20. The molecular weight excluding hydrogens is 170 g/mol. The molecule has 0 amide bonds. The van der Waals surface area contributed by atoms with E-state index >= 15 is 0 Å². The number of nitrogens with one attached hydrogen (secondary N) is 1. The van der Waals surface area contributed by atoms with Crippen molar-refractivity contribution in [2.24, 2.45) is 11.3 Å². The minimum atomic E-state index is 0.405. The van der Waals surface area contributed by atoms with Crippen molar-refractivity contribution in [2.75, 3.05) is 6.54 Å². The minimum absolute atomic E-state index is 0.405. The Morgan fingerprint density at radius 3 is 2.29 bits per heavy atom. The summed E-state index contributed by atoms with van der Waals surface area (Å²) in [5.74, 6) is 3.29.